The van der Waals surface area contributed by atoms with Crippen LogP contribution in [-0.2, 0) is 6.54 Å². The van der Waals surface area contributed by atoms with Gasteiger partial charge in [-0.1, -0.05) is 11.6 Å². The number of piperidine rings is 1. The Labute approximate surface area is 84.1 Å². The minimum atomic E-state index is 0. The highest BCUT2D eigenvalue weighted by Gasteiger charge is 2.12. The molecular formula is C8H15ClN4. The summed E-state index contributed by atoms with van der Waals surface area (Å²) < 4.78 is 1.89. The maximum Gasteiger partial charge on any atom is 0.0692 e. The Morgan fingerprint density at radius 3 is 3.00 bits per heavy atom. The second-order valence-electron chi connectivity index (χ2n) is 3.27. The Balaban J connectivity index is 0.000000845. The van der Waals surface area contributed by atoms with Crippen LogP contribution in [-0.4, -0.2) is 27.6 Å². The van der Waals surface area contributed by atoms with E-state index in [0.29, 0.717) is 6.04 Å². The molecule has 0 radical (unpaired) electrons. The van der Waals surface area contributed by atoms with Crippen molar-refractivity contribution >= 4 is 12.4 Å². The van der Waals surface area contributed by atoms with Crippen molar-refractivity contribution in [2.24, 2.45) is 0 Å². The van der Waals surface area contributed by atoms with E-state index in [9.17, 15) is 0 Å². The Morgan fingerprint density at radius 1 is 1.46 bits per heavy atom. The van der Waals surface area contributed by atoms with E-state index in [1.54, 1.807) is 6.20 Å². The van der Waals surface area contributed by atoms with Gasteiger partial charge in [-0.05, 0) is 19.4 Å². The molecule has 1 unspecified atom stereocenters. The van der Waals surface area contributed by atoms with E-state index < -0.39 is 0 Å². The van der Waals surface area contributed by atoms with Crippen LogP contribution in [0, 0.1) is 0 Å². The van der Waals surface area contributed by atoms with Crippen molar-refractivity contribution in [1.29, 1.82) is 0 Å². The summed E-state index contributed by atoms with van der Waals surface area (Å²) in [4.78, 5) is 0. The van der Waals surface area contributed by atoms with Crippen LogP contribution in [0.1, 0.15) is 19.3 Å². The number of nitrogens with one attached hydrogen (secondary N) is 1. The molecule has 1 aromatic rings. The van der Waals surface area contributed by atoms with Gasteiger partial charge in [0.25, 0.3) is 0 Å². The molecule has 0 aliphatic carbocycles. The maximum absolute atomic E-state index is 3.94. The maximum atomic E-state index is 3.94. The zero-order valence-electron chi connectivity index (χ0n) is 7.52. The molecule has 1 atom stereocenters. The van der Waals surface area contributed by atoms with Crippen LogP contribution in [0.25, 0.3) is 0 Å². The third-order valence-electron chi connectivity index (χ3n) is 2.29. The normalized spacial score (nSPS) is 22.3. The first-order chi connectivity index (χ1) is 5.95. The number of halogens is 1. The Kier molecular flexibility index (Phi) is 4.18. The van der Waals surface area contributed by atoms with Crippen LogP contribution >= 0.6 is 12.4 Å². The van der Waals surface area contributed by atoms with Crippen molar-refractivity contribution in [1.82, 2.24) is 20.3 Å². The molecule has 74 valence electrons. The van der Waals surface area contributed by atoms with Crippen LogP contribution in [0.5, 0.6) is 0 Å². The molecule has 2 rings (SSSR count). The lowest BCUT2D eigenvalue weighted by atomic mass is 10.1. The zero-order chi connectivity index (χ0) is 8.23. The zero-order valence-corrected chi connectivity index (χ0v) is 8.33. The fraction of sp³-hybridized carbons (Fsp3) is 0.750. The highest BCUT2D eigenvalue weighted by Crippen LogP contribution is 2.07. The van der Waals surface area contributed by atoms with Gasteiger partial charge in [-0.15, -0.1) is 17.5 Å². The van der Waals surface area contributed by atoms with E-state index in [0.717, 1.165) is 13.1 Å². The highest BCUT2D eigenvalue weighted by molar-refractivity contribution is 5.85. The van der Waals surface area contributed by atoms with Gasteiger partial charge >= 0.3 is 0 Å². The van der Waals surface area contributed by atoms with Crippen LogP contribution in [0.4, 0.5) is 0 Å². The van der Waals surface area contributed by atoms with Gasteiger partial charge in [0, 0.05) is 12.2 Å². The SMILES string of the molecule is Cl.c1cn(CC2CCCCN2)nn1. The molecule has 1 aliphatic heterocycles. The van der Waals surface area contributed by atoms with Crippen molar-refractivity contribution in [3.63, 3.8) is 0 Å². The Morgan fingerprint density at radius 2 is 2.38 bits per heavy atom. The number of hydrogen-bond donors (Lipinski definition) is 1. The molecule has 13 heavy (non-hydrogen) atoms. The number of nitrogens with zero attached hydrogens (tertiary/aromatic N) is 3. The highest BCUT2D eigenvalue weighted by atomic mass is 35.5. The third kappa shape index (κ3) is 2.97. The first kappa shape index (κ1) is 10.5. The average molecular weight is 203 g/mol. The van der Waals surface area contributed by atoms with Crippen LogP contribution < -0.4 is 5.32 Å². The largest absolute Gasteiger partial charge is 0.312 e. The molecule has 0 saturated carbocycles. The summed E-state index contributed by atoms with van der Waals surface area (Å²) in [5.41, 5.74) is 0. The standard InChI is InChI=1S/C8H14N4.ClH/c1-2-4-9-8(3-1)7-12-6-5-10-11-12;/h5-6,8-9H,1-4,7H2;1H. The second-order valence-corrected chi connectivity index (χ2v) is 3.27. The van der Waals surface area contributed by atoms with E-state index in [2.05, 4.69) is 15.6 Å². The molecule has 0 spiro atoms. The van der Waals surface area contributed by atoms with Crippen molar-refractivity contribution in [3.8, 4) is 0 Å². The van der Waals surface area contributed by atoms with E-state index in [-0.39, 0.29) is 12.4 Å². The van der Waals surface area contributed by atoms with Crippen molar-refractivity contribution in [2.45, 2.75) is 31.8 Å². The van der Waals surface area contributed by atoms with Crippen molar-refractivity contribution in [2.75, 3.05) is 6.54 Å². The summed E-state index contributed by atoms with van der Waals surface area (Å²) in [6, 6.07) is 0.598. The molecular weight excluding hydrogens is 188 g/mol. The van der Waals surface area contributed by atoms with Crippen LogP contribution in [0.2, 0.25) is 0 Å². The molecule has 1 fully saturated rings. The van der Waals surface area contributed by atoms with Gasteiger partial charge in [0.1, 0.15) is 0 Å². The van der Waals surface area contributed by atoms with Gasteiger partial charge in [0.15, 0.2) is 0 Å². The van der Waals surface area contributed by atoms with Crippen LogP contribution in [0.3, 0.4) is 0 Å². The summed E-state index contributed by atoms with van der Waals surface area (Å²) in [6.07, 6.45) is 7.55. The van der Waals surface area contributed by atoms with Gasteiger partial charge in [0.2, 0.25) is 0 Å². The van der Waals surface area contributed by atoms with Gasteiger partial charge in [-0.3, -0.25) is 4.68 Å². The summed E-state index contributed by atoms with van der Waals surface area (Å²) in [5.74, 6) is 0. The Bertz CT molecular complexity index is 218. The molecule has 0 aromatic carbocycles. The molecule has 1 N–H and O–H groups in total. The second kappa shape index (κ2) is 5.19. The molecule has 1 saturated heterocycles. The lowest BCUT2D eigenvalue weighted by Gasteiger charge is -2.22. The van der Waals surface area contributed by atoms with E-state index in [4.69, 9.17) is 0 Å². The predicted octanol–water partition coefficient (Wildman–Crippen LogP) is 0.842. The fourth-order valence-corrected chi connectivity index (χ4v) is 1.64. The molecule has 0 bridgehead atoms. The lowest BCUT2D eigenvalue weighted by Crippen LogP contribution is -2.37. The van der Waals surface area contributed by atoms with Crippen molar-refractivity contribution in [3.05, 3.63) is 12.4 Å². The van der Waals surface area contributed by atoms with Gasteiger partial charge in [0.05, 0.1) is 12.7 Å². The Hall–Kier alpha value is -0.610. The summed E-state index contributed by atoms with van der Waals surface area (Å²) >= 11 is 0. The fourth-order valence-electron chi connectivity index (χ4n) is 1.64. The average Bonchev–Trinajstić information content (AvgIpc) is 2.59. The molecule has 0 amide bonds. The minimum absolute atomic E-state index is 0. The number of rotatable bonds is 2. The molecule has 5 heteroatoms. The predicted molar refractivity (Wildman–Crippen MR) is 52.9 cm³/mol. The van der Waals surface area contributed by atoms with Crippen molar-refractivity contribution < 1.29 is 0 Å². The van der Waals surface area contributed by atoms with E-state index in [1.165, 1.54) is 19.3 Å². The topological polar surface area (TPSA) is 42.7 Å². The van der Waals surface area contributed by atoms with Gasteiger partial charge < -0.3 is 5.32 Å². The summed E-state index contributed by atoms with van der Waals surface area (Å²) in [7, 11) is 0. The lowest BCUT2D eigenvalue weighted by molar-refractivity contribution is 0.348. The number of aromatic nitrogens is 3. The van der Waals surface area contributed by atoms with Crippen LogP contribution in [0.15, 0.2) is 12.4 Å². The minimum Gasteiger partial charge on any atom is -0.312 e. The van der Waals surface area contributed by atoms with Gasteiger partial charge in [-0.25, -0.2) is 0 Å². The first-order valence-electron chi connectivity index (χ1n) is 4.52. The molecule has 4 nitrogen and oxygen atoms in total. The molecule has 1 aromatic heterocycles. The smallest absolute Gasteiger partial charge is 0.0692 e. The first-order valence-corrected chi connectivity index (χ1v) is 4.52. The monoisotopic (exact) mass is 202 g/mol. The number of hydrogen-bond acceptors (Lipinski definition) is 3. The molecule has 1 aliphatic rings. The summed E-state index contributed by atoms with van der Waals surface area (Å²) in [6.45, 7) is 2.11. The third-order valence-corrected chi connectivity index (χ3v) is 2.29. The summed E-state index contributed by atoms with van der Waals surface area (Å²) in [5, 5.41) is 11.2. The van der Waals surface area contributed by atoms with E-state index in [1.807, 2.05) is 10.9 Å². The van der Waals surface area contributed by atoms with Gasteiger partial charge in [-0.2, -0.15) is 0 Å². The quantitative estimate of drug-likeness (QED) is 0.773. The van der Waals surface area contributed by atoms with E-state index >= 15 is 0 Å². The molecule has 2 heterocycles.